The molecule has 114 valence electrons. The Kier molecular flexibility index (Phi) is 4.41. The Morgan fingerprint density at radius 1 is 1.24 bits per heavy atom. The molecule has 1 fully saturated rings. The van der Waals surface area contributed by atoms with Crippen molar-refractivity contribution < 1.29 is 14.3 Å². The van der Waals surface area contributed by atoms with Gasteiger partial charge in [0, 0.05) is 39.1 Å². The van der Waals surface area contributed by atoms with Crippen molar-refractivity contribution in [2.45, 2.75) is 51.0 Å². The van der Waals surface area contributed by atoms with Gasteiger partial charge in [-0.2, -0.15) is 0 Å². The highest BCUT2D eigenvalue weighted by Crippen LogP contribution is 2.29. The molecule has 0 bridgehead atoms. The van der Waals surface area contributed by atoms with Crippen LogP contribution in [0.25, 0.3) is 0 Å². The molecular formula is C18H24O3. The molecule has 1 aromatic carbocycles. The molecule has 21 heavy (non-hydrogen) atoms. The SMILES string of the molecule is CCOC1(C(=O)Cc2ccc3c(c2)CCC3)CCOCC1. The van der Waals surface area contributed by atoms with Gasteiger partial charge in [0.05, 0.1) is 0 Å². The fourth-order valence-electron chi connectivity index (χ4n) is 3.56. The van der Waals surface area contributed by atoms with Gasteiger partial charge in [-0.05, 0) is 42.9 Å². The Hall–Kier alpha value is -1.19. The molecule has 1 aliphatic carbocycles. The van der Waals surface area contributed by atoms with Crippen LogP contribution in [0, 0.1) is 0 Å². The fourth-order valence-corrected chi connectivity index (χ4v) is 3.56. The zero-order valence-electron chi connectivity index (χ0n) is 12.8. The first-order valence-electron chi connectivity index (χ1n) is 8.09. The van der Waals surface area contributed by atoms with Gasteiger partial charge in [-0.25, -0.2) is 0 Å². The third-order valence-electron chi connectivity index (χ3n) is 4.76. The molecule has 1 aliphatic heterocycles. The monoisotopic (exact) mass is 288 g/mol. The van der Waals surface area contributed by atoms with Crippen molar-refractivity contribution in [1.29, 1.82) is 0 Å². The van der Waals surface area contributed by atoms with Crippen molar-refractivity contribution in [2.24, 2.45) is 0 Å². The Balaban J connectivity index is 1.74. The second-order valence-corrected chi connectivity index (χ2v) is 6.10. The van der Waals surface area contributed by atoms with Crippen LogP contribution in [0.2, 0.25) is 0 Å². The van der Waals surface area contributed by atoms with E-state index in [0.29, 0.717) is 39.1 Å². The first kappa shape index (κ1) is 14.7. The number of carbonyl (C=O) groups is 1. The number of aryl methyl sites for hydroxylation is 2. The number of carbonyl (C=O) groups excluding carboxylic acids is 1. The van der Waals surface area contributed by atoms with Crippen LogP contribution in [-0.4, -0.2) is 31.2 Å². The van der Waals surface area contributed by atoms with Crippen LogP contribution in [0.3, 0.4) is 0 Å². The number of hydrogen-bond acceptors (Lipinski definition) is 3. The van der Waals surface area contributed by atoms with E-state index in [2.05, 4.69) is 18.2 Å². The molecule has 3 nitrogen and oxygen atoms in total. The zero-order chi connectivity index (χ0) is 14.7. The summed E-state index contributed by atoms with van der Waals surface area (Å²) in [6.45, 7) is 3.78. The highest BCUT2D eigenvalue weighted by molar-refractivity contribution is 5.89. The maximum Gasteiger partial charge on any atom is 0.169 e. The summed E-state index contributed by atoms with van der Waals surface area (Å²) >= 11 is 0. The van der Waals surface area contributed by atoms with E-state index in [1.165, 1.54) is 24.0 Å². The van der Waals surface area contributed by atoms with Gasteiger partial charge in [-0.15, -0.1) is 0 Å². The molecule has 3 rings (SSSR count). The average Bonchev–Trinajstić information content (AvgIpc) is 2.96. The summed E-state index contributed by atoms with van der Waals surface area (Å²) in [6, 6.07) is 6.53. The highest BCUT2D eigenvalue weighted by Gasteiger charge is 2.40. The molecule has 0 spiro atoms. The summed E-state index contributed by atoms with van der Waals surface area (Å²) < 4.78 is 11.3. The van der Waals surface area contributed by atoms with Crippen LogP contribution in [0.1, 0.15) is 42.9 Å². The Morgan fingerprint density at radius 3 is 2.76 bits per heavy atom. The number of hydrogen-bond donors (Lipinski definition) is 0. The summed E-state index contributed by atoms with van der Waals surface area (Å²) in [4.78, 5) is 12.8. The summed E-state index contributed by atoms with van der Waals surface area (Å²) in [6.07, 6.45) is 5.43. The van der Waals surface area contributed by atoms with Crippen LogP contribution in [0.15, 0.2) is 18.2 Å². The number of ether oxygens (including phenoxy) is 2. The zero-order valence-corrected chi connectivity index (χ0v) is 12.8. The number of rotatable bonds is 5. The predicted molar refractivity (Wildman–Crippen MR) is 81.6 cm³/mol. The Bertz CT molecular complexity index is 510. The first-order valence-corrected chi connectivity index (χ1v) is 8.09. The Labute approximate surface area is 126 Å². The van der Waals surface area contributed by atoms with Crippen molar-refractivity contribution in [3.63, 3.8) is 0 Å². The molecule has 1 saturated heterocycles. The van der Waals surface area contributed by atoms with E-state index >= 15 is 0 Å². The highest BCUT2D eigenvalue weighted by atomic mass is 16.5. The van der Waals surface area contributed by atoms with Gasteiger partial charge >= 0.3 is 0 Å². The van der Waals surface area contributed by atoms with Crippen molar-refractivity contribution in [3.05, 3.63) is 34.9 Å². The minimum absolute atomic E-state index is 0.214. The van der Waals surface area contributed by atoms with Crippen molar-refractivity contribution in [2.75, 3.05) is 19.8 Å². The van der Waals surface area contributed by atoms with Gasteiger partial charge in [0.15, 0.2) is 5.78 Å². The standard InChI is InChI=1S/C18H24O3/c1-2-21-18(8-10-20-11-9-18)17(19)13-14-6-7-15-4-3-5-16(15)12-14/h6-7,12H,2-5,8-11,13H2,1H3. The van der Waals surface area contributed by atoms with Gasteiger partial charge < -0.3 is 9.47 Å². The fraction of sp³-hybridized carbons (Fsp3) is 0.611. The number of ketones is 1. The summed E-state index contributed by atoms with van der Waals surface area (Å²) in [5.74, 6) is 0.214. The third kappa shape index (κ3) is 3.04. The second-order valence-electron chi connectivity index (χ2n) is 6.10. The van der Waals surface area contributed by atoms with Crippen molar-refractivity contribution in [1.82, 2.24) is 0 Å². The minimum Gasteiger partial charge on any atom is -0.381 e. The van der Waals surface area contributed by atoms with E-state index in [1.807, 2.05) is 6.92 Å². The van der Waals surface area contributed by atoms with Crippen LogP contribution >= 0.6 is 0 Å². The number of Topliss-reactive ketones (excluding diaryl/α,β-unsaturated/α-hetero) is 1. The lowest BCUT2D eigenvalue weighted by Gasteiger charge is -2.35. The largest absolute Gasteiger partial charge is 0.381 e. The number of benzene rings is 1. The van der Waals surface area contributed by atoms with E-state index in [9.17, 15) is 4.79 Å². The van der Waals surface area contributed by atoms with Gasteiger partial charge in [0.1, 0.15) is 5.60 Å². The minimum atomic E-state index is -0.619. The van der Waals surface area contributed by atoms with Crippen LogP contribution in [0.5, 0.6) is 0 Å². The van der Waals surface area contributed by atoms with Gasteiger partial charge in [0.25, 0.3) is 0 Å². The molecule has 1 aromatic rings. The molecule has 0 saturated carbocycles. The van der Waals surface area contributed by atoms with Crippen molar-refractivity contribution in [3.8, 4) is 0 Å². The average molecular weight is 288 g/mol. The summed E-state index contributed by atoms with van der Waals surface area (Å²) in [7, 11) is 0. The van der Waals surface area contributed by atoms with E-state index < -0.39 is 5.60 Å². The topological polar surface area (TPSA) is 35.5 Å². The quantitative estimate of drug-likeness (QED) is 0.836. The lowest BCUT2D eigenvalue weighted by molar-refractivity contribution is -0.156. The van der Waals surface area contributed by atoms with E-state index in [-0.39, 0.29) is 5.78 Å². The maximum atomic E-state index is 12.8. The third-order valence-corrected chi connectivity index (χ3v) is 4.76. The molecule has 0 amide bonds. The van der Waals surface area contributed by atoms with Crippen LogP contribution < -0.4 is 0 Å². The summed E-state index contributed by atoms with van der Waals surface area (Å²) in [5, 5.41) is 0. The van der Waals surface area contributed by atoms with E-state index in [1.54, 1.807) is 0 Å². The molecule has 0 atom stereocenters. The molecule has 0 N–H and O–H groups in total. The molecule has 3 heteroatoms. The van der Waals surface area contributed by atoms with Gasteiger partial charge in [-0.1, -0.05) is 18.2 Å². The molecule has 0 aromatic heterocycles. The van der Waals surface area contributed by atoms with Crippen LogP contribution in [0.4, 0.5) is 0 Å². The lowest BCUT2D eigenvalue weighted by atomic mass is 9.85. The van der Waals surface area contributed by atoms with E-state index in [4.69, 9.17) is 9.47 Å². The molecule has 2 aliphatic rings. The van der Waals surface area contributed by atoms with E-state index in [0.717, 1.165) is 12.0 Å². The number of fused-ring (bicyclic) bond motifs is 1. The smallest absolute Gasteiger partial charge is 0.169 e. The lowest BCUT2D eigenvalue weighted by Crippen LogP contribution is -2.47. The van der Waals surface area contributed by atoms with Gasteiger partial charge in [-0.3, -0.25) is 4.79 Å². The normalized spacial score (nSPS) is 20.2. The van der Waals surface area contributed by atoms with Gasteiger partial charge in [0.2, 0.25) is 0 Å². The molecular weight excluding hydrogens is 264 g/mol. The first-order chi connectivity index (χ1) is 10.2. The molecule has 0 unspecified atom stereocenters. The molecule has 1 heterocycles. The maximum absolute atomic E-state index is 12.8. The Morgan fingerprint density at radius 2 is 2.00 bits per heavy atom. The predicted octanol–water partition coefficient (Wildman–Crippen LogP) is 2.87. The van der Waals surface area contributed by atoms with Crippen LogP contribution in [-0.2, 0) is 33.5 Å². The second kappa shape index (κ2) is 6.29. The summed E-state index contributed by atoms with van der Waals surface area (Å²) in [5.41, 5.74) is 3.40. The molecule has 0 radical (unpaired) electrons. The van der Waals surface area contributed by atoms with Crippen molar-refractivity contribution >= 4 is 5.78 Å².